The lowest BCUT2D eigenvalue weighted by atomic mass is 9.84. The number of ether oxygens (including phenoxy) is 2. The highest BCUT2D eigenvalue weighted by Crippen LogP contribution is 2.42. The van der Waals surface area contributed by atoms with Crippen LogP contribution in [0.25, 0.3) is 0 Å². The standard InChI is InChI=1S/C26H28ClN3O3S/c1-32-22-13-18-20(14-23(22)33-2)28-26(34-15-17-10-6-7-11-19(17)27)30-21(25(31)29-24(18)30)12-16-8-4-3-5-9-16/h6-7,10-11,13-14,16,21H,3-5,8-9,12,15H2,1-2H3/t21-/m1/s1. The third-order valence-electron chi connectivity index (χ3n) is 6.80. The van der Waals surface area contributed by atoms with Crippen molar-refractivity contribution < 1.29 is 14.3 Å². The summed E-state index contributed by atoms with van der Waals surface area (Å²) in [5.41, 5.74) is 2.54. The number of nitrogens with zero attached hydrogens (tertiary/aromatic N) is 3. The normalized spacial score (nSPS) is 19.9. The van der Waals surface area contributed by atoms with E-state index in [0.717, 1.165) is 33.4 Å². The second-order valence-electron chi connectivity index (χ2n) is 8.90. The lowest BCUT2D eigenvalue weighted by Gasteiger charge is -2.33. The molecule has 1 atom stereocenters. The van der Waals surface area contributed by atoms with E-state index >= 15 is 0 Å². The molecule has 1 saturated carbocycles. The molecule has 1 amide bonds. The molecule has 6 nitrogen and oxygen atoms in total. The molecule has 0 spiro atoms. The molecule has 1 aliphatic carbocycles. The summed E-state index contributed by atoms with van der Waals surface area (Å²) in [4.78, 5) is 24.8. The summed E-state index contributed by atoms with van der Waals surface area (Å²) in [7, 11) is 3.21. The van der Waals surface area contributed by atoms with E-state index < -0.39 is 0 Å². The van der Waals surface area contributed by atoms with E-state index in [2.05, 4.69) is 4.99 Å². The fraction of sp³-hybridized carbons (Fsp3) is 0.423. The quantitative estimate of drug-likeness (QED) is 0.474. The van der Waals surface area contributed by atoms with Crippen molar-refractivity contribution >= 4 is 46.0 Å². The molecule has 2 heterocycles. The SMILES string of the molecule is COc1cc2c(cc1OC)C1=NC(=O)[C@@H](CC3CCCCC3)N1C(SCc1ccccc1Cl)=N2. The highest BCUT2D eigenvalue weighted by molar-refractivity contribution is 8.13. The summed E-state index contributed by atoms with van der Waals surface area (Å²) in [5, 5.41) is 1.49. The number of carbonyl (C=O) groups is 1. The van der Waals surface area contributed by atoms with Gasteiger partial charge in [0.05, 0.1) is 19.9 Å². The Balaban J connectivity index is 1.52. The molecule has 2 aromatic carbocycles. The molecule has 1 fully saturated rings. The molecule has 0 N–H and O–H groups in total. The Labute approximate surface area is 209 Å². The number of benzene rings is 2. The van der Waals surface area contributed by atoms with Crippen molar-refractivity contribution in [3.8, 4) is 11.5 Å². The van der Waals surface area contributed by atoms with E-state index in [0.29, 0.717) is 29.0 Å². The second kappa shape index (κ2) is 10.0. The van der Waals surface area contributed by atoms with Crippen molar-refractivity contribution in [2.75, 3.05) is 14.2 Å². The molecule has 2 aromatic rings. The first-order valence-electron chi connectivity index (χ1n) is 11.7. The van der Waals surface area contributed by atoms with E-state index in [1.54, 1.807) is 26.0 Å². The van der Waals surface area contributed by atoms with Gasteiger partial charge in [0, 0.05) is 22.4 Å². The third kappa shape index (κ3) is 4.43. The van der Waals surface area contributed by atoms with Crippen LogP contribution in [0, 0.1) is 5.92 Å². The predicted octanol–water partition coefficient (Wildman–Crippen LogP) is 6.22. The molecule has 0 bridgehead atoms. The Bertz CT molecular complexity index is 1160. The van der Waals surface area contributed by atoms with Crippen molar-refractivity contribution in [3.63, 3.8) is 0 Å². The van der Waals surface area contributed by atoms with Crippen LogP contribution in [0.1, 0.15) is 49.7 Å². The molecule has 178 valence electrons. The van der Waals surface area contributed by atoms with Crippen LogP contribution in [0.4, 0.5) is 5.69 Å². The highest BCUT2D eigenvalue weighted by Gasteiger charge is 2.43. The molecule has 8 heteroatoms. The first-order chi connectivity index (χ1) is 16.6. The smallest absolute Gasteiger partial charge is 0.270 e. The largest absolute Gasteiger partial charge is 0.493 e. The number of halogens is 1. The number of fused-ring (bicyclic) bond motifs is 3. The summed E-state index contributed by atoms with van der Waals surface area (Å²) in [6.45, 7) is 0. The number of thioether (sulfide) groups is 1. The van der Waals surface area contributed by atoms with Gasteiger partial charge in [-0.1, -0.05) is 73.7 Å². The Hall–Kier alpha value is -2.51. The van der Waals surface area contributed by atoms with Gasteiger partial charge in [0.1, 0.15) is 11.9 Å². The van der Waals surface area contributed by atoms with Crippen molar-refractivity contribution in [2.24, 2.45) is 15.9 Å². The number of carbonyl (C=O) groups excluding carboxylic acids is 1. The highest BCUT2D eigenvalue weighted by atomic mass is 35.5. The maximum absolute atomic E-state index is 13.2. The van der Waals surface area contributed by atoms with Crippen molar-refractivity contribution in [1.82, 2.24) is 4.90 Å². The number of methoxy groups -OCH3 is 2. The monoisotopic (exact) mass is 497 g/mol. The second-order valence-corrected chi connectivity index (χ2v) is 10.2. The fourth-order valence-electron chi connectivity index (χ4n) is 5.01. The Morgan fingerprint density at radius 2 is 1.79 bits per heavy atom. The molecule has 0 radical (unpaired) electrons. The summed E-state index contributed by atoms with van der Waals surface area (Å²) < 4.78 is 11.0. The summed E-state index contributed by atoms with van der Waals surface area (Å²) >= 11 is 8.00. The summed E-state index contributed by atoms with van der Waals surface area (Å²) in [6, 6.07) is 11.2. The fourth-order valence-corrected chi connectivity index (χ4v) is 6.34. The molecular formula is C26H28ClN3O3S. The molecule has 3 aliphatic rings. The van der Waals surface area contributed by atoms with Crippen LogP contribution < -0.4 is 9.47 Å². The van der Waals surface area contributed by atoms with E-state index in [1.165, 1.54) is 32.1 Å². The molecular weight excluding hydrogens is 470 g/mol. The van der Waals surface area contributed by atoms with Gasteiger partial charge in [-0.2, -0.15) is 4.99 Å². The zero-order chi connectivity index (χ0) is 23.7. The third-order valence-corrected chi connectivity index (χ3v) is 8.17. The minimum absolute atomic E-state index is 0.0887. The van der Waals surface area contributed by atoms with Gasteiger partial charge in [-0.25, -0.2) is 4.99 Å². The van der Waals surface area contributed by atoms with Crippen molar-refractivity contribution in [3.05, 3.63) is 52.5 Å². The van der Waals surface area contributed by atoms with Gasteiger partial charge >= 0.3 is 0 Å². The minimum atomic E-state index is -0.322. The van der Waals surface area contributed by atoms with Crippen molar-refractivity contribution in [1.29, 1.82) is 0 Å². The number of amides is 1. The molecule has 2 aliphatic heterocycles. The van der Waals surface area contributed by atoms with Gasteiger partial charge in [-0.05, 0) is 30.0 Å². The zero-order valence-electron chi connectivity index (χ0n) is 19.4. The Morgan fingerprint density at radius 1 is 1.06 bits per heavy atom. The minimum Gasteiger partial charge on any atom is -0.493 e. The lowest BCUT2D eigenvalue weighted by Crippen LogP contribution is -2.44. The van der Waals surface area contributed by atoms with Gasteiger partial charge in [0.15, 0.2) is 16.7 Å². The number of amidine groups is 2. The number of hydrogen-bond donors (Lipinski definition) is 0. The molecule has 34 heavy (non-hydrogen) atoms. The zero-order valence-corrected chi connectivity index (χ0v) is 21.0. The topological polar surface area (TPSA) is 63.5 Å². The first-order valence-corrected chi connectivity index (χ1v) is 13.1. The lowest BCUT2D eigenvalue weighted by molar-refractivity contribution is -0.120. The van der Waals surface area contributed by atoms with Gasteiger partial charge in [0.2, 0.25) is 0 Å². The van der Waals surface area contributed by atoms with Crippen LogP contribution in [0.15, 0.2) is 46.4 Å². The van der Waals surface area contributed by atoms with Crippen LogP contribution in [-0.4, -0.2) is 42.1 Å². The molecule has 0 aromatic heterocycles. The molecule has 5 rings (SSSR count). The summed E-state index contributed by atoms with van der Waals surface area (Å²) in [5.74, 6) is 2.94. The van der Waals surface area contributed by atoms with Crippen molar-refractivity contribution in [2.45, 2.75) is 50.3 Å². The summed E-state index contributed by atoms with van der Waals surface area (Å²) in [6.07, 6.45) is 6.92. The van der Waals surface area contributed by atoms with Gasteiger partial charge in [0.25, 0.3) is 5.91 Å². The maximum atomic E-state index is 13.2. The maximum Gasteiger partial charge on any atom is 0.270 e. The van der Waals surface area contributed by atoms with Gasteiger partial charge in [-0.15, -0.1) is 0 Å². The molecule has 0 saturated heterocycles. The number of hydrogen-bond acceptors (Lipinski definition) is 6. The number of rotatable bonds is 6. The van der Waals surface area contributed by atoms with Crippen LogP contribution in [0.2, 0.25) is 5.02 Å². The Morgan fingerprint density at radius 3 is 2.53 bits per heavy atom. The Kier molecular flexibility index (Phi) is 6.84. The van der Waals surface area contributed by atoms with E-state index in [1.807, 2.05) is 41.3 Å². The first kappa shape index (κ1) is 23.2. The average molecular weight is 498 g/mol. The molecule has 0 unspecified atom stereocenters. The van der Waals surface area contributed by atoms with Crippen LogP contribution in [-0.2, 0) is 10.5 Å². The van der Waals surface area contributed by atoms with Crippen LogP contribution in [0.3, 0.4) is 0 Å². The van der Waals surface area contributed by atoms with Gasteiger partial charge < -0.3 is 9.47 Å². The van der Waals surface area contributed by atoms with E-state index in [-0.39, 0.29) is 11.9 Å². The average Bonchev–Trinajstić information content (AvgIpc) is 3.19. The van der Waals surface area contributed by atoms with E-state index in [9.17, 15) is 4.79 Å². The predicted molar refractivity (Wildman–Crippen MR) is 138 cm³/mol. The number of aliphatic imine (C=N–C) groups is 2. The van der Waals surface area contributed by atoms with Gasteiger partial charge in [-0.3, -0.25) is 9.69 Å². The van der Waals surface area contributed by atoms with Crippen LogP contribution in [0.5, 0.6) is 11.5 Å². The van der Waals surface area contributed by atoms with Crippen LogP contribution >= 0.6 is 23.4 Å². The van der Waals surface area contributed by atoms with E-state index in [4.69, 9.17) is 26.1 Å².